The summed E-state index contributed by atoms with van der Waals surface area (Å²) in [4.78, 5) is 12.4. The molecule has 2 rings (SSSR count). The van der Waals surface area contributed by atoms with Gasteiger partial charge in [0.25, 0.3) is 0 Å². The quantitative estimate of drug-likeness (QED) is 0.855. The van der Waals surface area contributed by atoms with Crippen LogP contribution < -0.4 is 10.1 Å². The molecule has 0 aliphatic rings. The molecule has 134 valence electrons. The topological polar surface area (TPSA) is 56.1 Å². The lowest BCUT2D eigenvalue weighted by Gasteiger charge is -2.21. The lowest BCUT2D eigenvalue weighted by Crippen LogP contribution is -2.14. The molecule has 0 aliphatic heterocycles. The maximum Gasteiger partial charge on any atom is 0.248 e. The predicted octanol–water partition coefficient (Wildman–Crippen LogP) is 3.99. The Kier molecular flexibility index (Phi) is 5.36. The number of aromatic nitrogens is 2. The van der Waals surface area contributed by atoms with E-state index in [1.54, 1.807) is 13.2 Å². The van der Waals surface area contributed by atoms with Gasteiger partial charge in [-0.25, -0.2) is 0 Å². The molecule has 1 aromatic carbocycles. The zero-order chi connectivity index (χ0) is 18.8. The Morgan fingerprint density at radius 2 is 1.96 bits per heavy atom. The maximum absolute atomic E-state index is 12.4. The highest BCUT2D eigenvalue weighted by molar-refractivity contribution is 6.03. The molecular formula is C20H27N3O2. The fourth-order valence-corrected chi connectivity index (χ4v) is 2.64. The number of nitrogens with one attached hydrogen (secondary N) is 1. The van der Waals surface area contributed by atoms with E-state index < -0.39 is 0 Å². The van der Waals surface area contributed by atoms with Crippen LogP contribution in [0.4, 0.5) is 5.69 Å². The molecule has 1 N–H and O–H groups in total. The molecule has 0 unspecified atom stereocenters. The molecule has 0 saturated carbocycles. The molecule has 1 amide bonds. The van der Waals surface area contributed by atoms with E-state index in [4.69, 9.17) is 4.74 Å². The van der Waals surface area contributed by atoms with E-state index in [0.29, 0.717) is 11.4 Å². The second-order valence-corrected chi connectivity index (χ2v) is 7.20. The van der Waals surface area contributed by atoms with Crippen molar-refractivity contribution in [3.8, 4) is 5.75 Å². The molecule has 25 heavy (non-hydrogen) atoms. The van der Waals surface area contributed by atoms with Gasteiger partial charge in [0.15, 0.2) is 0 Å². The molecule has 0 aliphatic carbocycles. The van der Waals surface area contributed by atoms with Gasteiger partial charge in [0.1, 0.15) is 5.75 Å². The zero-order valence-corrected chi connectivity index (χ0v) is 16.1. The molecule has 1 heterocycles. The van der Waals surface area contributed by atoms with E-state index >= 15 is 0 Å². The molecule has 1 aromatic heterocycles. The number of methoxy groups -OCH3 is 1. The number of benzene rings is 1. The summed E-state index contributed by atoms with van der Waals surface area (Å²) >= 11 is 0. The van der Waals surface area contributed by atoms with Crippen LogP contribution in [-0.4, -0.2) is 22.8 Å². The summed E-state index contributed by atoms with van der Waals surface area (Å²) in [6.45, 7) is 10.3. The molecule has 0 fully saturated rings. The lowest BCUT2D eigenvalue weighted by molar-refractivity contribution is -0.111. The van der Waals surface area contributed by atoms with Crippen LogP contribution >= 0.6 is 0 Å². The number of rotatable bonds is 4. The second-order valence-electron chi connectivity index (χ2n) is 7.20. The van der Waals surface area contributed by atoms with Crippen LogP contribution in [0.25, 0.3) is 6.08 Å². The van der Waals surface area contributed by atoms with Crippen molar-refractivity contribution in [2.45, 2.75) is 40.0 Å². The lowest BCUT2D eigenvalue weighted by atomic mass is 9.87. The standard InChI is InChI=1S/C20H27N3O2/c1-13-16(14(2)23(6)22-13)9-11-19(24)21-17-12-15(20(3,4)5)8-10-18(17)25-7/h8-12H,1-7H3,(H,21,24)/b11-9+. The van der Waals surface area contributed by atoms with E-state index in [1.807, 2.05) is 43.8 Å². The Balaban J connectivity index is 2.24. The van der Waals surface area contributed by atoms with Gasteiger partial charge >= 0.3 is 0 Å². The third-order valence-corrected chi connectivity index (χ3v) is 4.29. The van der Waals surface area contributed by atoms with E-state index in [-0.39, 0.29) is 11.3 Å². The van der Waals surface area contributed by atoms with Crippen LogP contribution in [-0.2, 0) is 17.3 Å². The van der Waals surface area contributed by atoms with Gasteiger partial charge in [0, 0.05) is 24.4 Å². The molecule has 0 bridgehead atoms. The molecule has 0 radical (unpaired) electrons. The van der Waals surface area contributed by atoms with Crippen molar-refractivity contribution in [3.05, 3.63) is 46.8 Å². The van der Waals surface area contributed by atoms with Crippen LogP contribution in [0, 0.1) is 13.8 Å². The van der Waals surface area contributed by atoms with Gasteiger partial charge in [-0.15, -0.1) is 0 Å². The third kappa shape index (κ3) is 4.29. The Morgan fingerprint density at radius 1 is 1.28 bits per heavy atom. The van der Waals surface area contributed by atoms with Crippen molar-refractivity contribution < 1.29 is 9.53 Å². The number of ether oxygens (including phenoxy) is 1. The van der Waals surface area contributed by atoms with Crippen molar-refractivity contribution in [2.75, 3.05) is 12.4 Å². The molecular weight excluding hydrogens is 314 g/mol. The summed E-state index contributed by atoms with van der Waals surface area (Å²) in [7, 11) is 3.49. The predicted molar refractivity (Wildman–Crippen MR) is 102 cm³/mol. The first-order valence-corrected chi connectivity index (χ1v) is 8.31. The van der Waals surface area contributed by atoms with Gasteiger partial charge in [-0.05, 0) is 43.0 Å². The number of anilines is 1. The highest BCUT2D eigenvalue weighted by Crippen LogP contribution is 2.31. The summed E-state index contributed by atoms with van der Waals surface area (Å²) < 4.78 is 7.17. The van der Waals surface area contributed by atoms with E-state index in [9.17, 15) is 4.79 Å². The third-order valence-electron chi connectivity index (χ3n) is 4.29. The maximum atomic E-state index is 12.4. The van der Waals surface area contributed by atoms with Gasteiger partial charge in [-0.3, -0.25) is 9.48 Å². The van der Waals surface area contributed by atoms with Gasteiger partial charge in [-0.1, -0.05) is 26.8 Å². The first-order chi connectivity index (χ1) is 11.6. The Bertz CT molecular complexity index is 811. The molecule has 5 nitrogen and oxygen atoms in total. The van der Waals surface area contributed by atoms with Gasteiger partial charge in [0.2, 0.25) is 5.91 Å². The number of carbonyl (C=O) groups is 1. The van der Waals surface area contributed by atoms with Gasteiger partial charge < -0.3 is 10.1 Å². The summed E-state index contributed by atoms with van der Waals surface area (Å²) in [5.41, 5.74) is 4.68. The zero-order valence-electron chi connectivity index (χ0n) is 16.1. The van der Waals surface area contributed by atoms with Crippen molar-refractivity contribution in [1.29, 1.82) is 0 Å². The fraction of sp³-hybridized carbons (Fsp3) is 0.400. The van der Waals surface area contributed by atoms with E-state index in [0.717, 1.165) is 22.5 Å². The average Bonchev–Trinajstić information content (AvgIpc) is 2.77. The van der Waals surface area contributed by atoms with Crippen molar-refractivity contribution >= 4 is 17.7 Å². The van der Waals surface area contributed by atoms with Crippen molar-refractivity contribution in [2.24, 2.45) is 7.05 Å². The monoisotopic (exact) mass is 341 g/mol. The average molecular weight is 341 g/mol. The number of aryl methyl sites for hydroxylation is 2. The van der Waals surface area contributed by atoms with Crippen LogP contribution in [0.5, 0.6) is 5.75 Å². The summed E-state index contributed by atoms with van der Waals surface area (Å²) in [5, 5.41) is 7.26. The molecule has 0 atom stereocenters. The van der Waals surface area contributed by atoms with Crippen LogP contribution in [0.15, 0.2) is 24.3 Å². The van der Waals surface area contributed by atoms with Crippen molar-refractivity contribution in [1.82, 2.24) is 9.78 Å². The van der Waals surface area contributed by atoms with Crippen LogP contribution in [0.2, 0.25) is 0 Å². The minimum Gasteiger partial charge on any atom is -0.495 e. The highest BCUT2D eigenvalue weighted by atomic mass is 16.5. The number of hydrogen-bond donors (Lipinski definition) is 1. The normalized spacial score (nSPS) is 11.8. The number of hydrogen-bond acceptors (Lipinski definition) is 3. The summed E-state index contributed by atoms with van der Waals surface area (Å²) in [6, 6.07) is 5.87. The fourth-order valence-electron chi connectivity index (χ4n) is 2.64. The number of carbonyl (C=O) groups excluding carboxylic acids is 1. The first kappa shape index (κ1) is 18.8. The highest BCUT2D eigenvalue weighted by Gasteiger charge is 2.16. The summed E-state index contributed by atoms with van der Waals surface area (Å²) in [5.74, 6) is 0.440. The van der Waals surface area contributed by atoms with Gasteiger partial charge in [0.05, 0.1) is 18.5 Å². The SMILES string of the molecule is COc1ccc(C(C)(C)C)cc1NC(=O)/C=C/c1c(C)nn(C)c1C. The largest absolute Gasteiger partial charge is 0.495 e. The smallest absolute Gasteiger partial charge is 0.248 e. The minimum absolute atomic E-state index is 0.00841. The van der Waals surface area contributed by atoms with Crippen LogP contribution in [0.1, 0.15) is 43.3 Å². The molecule has 5 heteroatoms. The minimum atomic E-state index is -0.202. The van der Waals surface area contributed by atoms with Crippen LogP contribution in [0.3, 0.4) is 0 Å². The Hall–Kier alpha value is -2.56. The van der Waals surface area contributed by atoms with Crippen molar-refractivity contribution in [3.63, 3.8) is 0 Å². The Morgan fingerprint density at radius 3 is 2.48 bits per heavy atom. The molecule has 0 spiro atoms. The number of amides is 1. The molecule has 2 aromatic rings. The molecule has 0 saturated heterocycles. The number of nitrogens with zero attached hydrogens (tertiary/aromatic N) is 2. The first-order valence-electron chi connectivity index (χ1n) is 8.31. The van der Waals surface area contributed by atoms with E-state index in [2.05, 4.69) is 31.2 Å². The summed E-state index contributed by atoms with van der Waals surface area (Å²) in [6.07, 6.45) is 3.33. The Labute approximate surface area is 149 Å². The van der Waals surface area contributed by atoms with Gasteiger partial charge in [-0.2, -0.15) is 5.10 Å². The second kappa shape index (κ2) is 7.13. The van der Waals surface area contributed by atoms with E-state index in [1.165, 1.54) is 6.08 Å².